The van der Waals surface area contributed by atoms with Crippen LogP contribution in [0.15, 0.2) is 11.6 Å². The summed E-state index contributed by atoms with van der Waals surface area (Å²) in [6.07, 6.45) is 4.65. The molecule has 0 aliphatic carbocycles. The molecule has 0 fully saturated rings. The predicted molar refractivity (Wildman–Crippen MR) is 87.6 cm³/mol. The maximum absolute atomic E-state index is 11.8. The van der Waals surface area contributed by atoms with Crippen LogP contribution in [-0.4, -0.2) is 49.4 Å². The number of hydrogen-bond donors (Lipinski definition) is 2. The molecule has 0 saturated carbocycles. The van der Waals surface area contributed by atoms with E-state index in [1.807, 2.05) is 13.8 Å². The fourth-order valence-electron chi connectivity index (χ4n) is 2.27. The first kappa shape index (κ1) is 19.9. The Balaban J connectivity index is 0.00000400. The van der Waals surface area contributed by atoms with Gasteiger partial charge in [0.1, 0.15) is 0 Å². The van der Waals surface area contributed by atoms with Gasteiger partial charge in [-0.1, -0.05) is 11.6 Å². The van der Waals surface area contributed by atoms with Crippen molar-refractivity contribution in [2.45, 2.75) is 39.5 Å². The third-order valence-electron chi connectivity index (χ3n) is 3.58. The van der Waals surface area contributed by atoms with Crippen molar-refractivity contribution in [2.75, 3.05) is 32.7 Å². The molecule has 1 heterocycles. The number of carbonyl (C=O) groups excluding carboxylic acids is 2. The van der Waals surface area contributed by atoms with Crippen LogP contribution in [0.25, 0.3) is 0 Å². The van der Waals surface area contributed by atoms with E-state index in [0.717, 1.165) is 32.6 Å². The van der Waals surface area contributed by atoms with E-state index in [-0.39, 0.29) is 24.2 Å². The van der Waals surface area contributed by atoms with Gasteiger partial charge in [-0.2, -0.15) is 0 Å². The number of carbonyl (C=O) groups is 2. The van der Waals surface area contributed by atoms with Crippen LogP contribution in [0.4, 0.5) is 0 Å². The Kier molecular flexibility index (Phi) is 11.0. The van der Waals surface area contributed by atoms with Crippen molar-refractivity contribution in [1.82, 2.24) is 15.5 Å². The molecule has 0 bridgehead atoms. The van der Waals surface area contributed by atoms with Crippen molar-refractivity contribution in [2.24, 2.45) is 0 Å². The van der Waals surface area contributed by atoms with Crippen LogP contribution in [0.1, 0.15) is 39.5 Å². The Morgan fingerprint density at radius 3 is 2.57 bits per heavy atom. The van der Waals surface area contributed by atoms with Crippen molar-refractivity contribution < 1.29 is 9.59 Å². The van der Waals surface area contributed by atoms with Crippen LogP contribution in [0.3, 0.4) is 0 Å². The quantitative estimate of drug-likeness (QED) is 0.667. The molecule has 21 heavy (non-hydrogen) atoms. The Hall–Kier alpha value is -1.07. The smallest absolute Gasteiger partial charge is 0.222 e. The molecule has 0 aromatic heterocycles. The Bertz CT molecular complexity index is 355. The molecular weight excluding hydrogens is 290 g/mol. The summed E-state index contributed by atoms with van der Waals surface area (Å²) in [6, 6.07) is 0. The van der Waals surface area contributed by atoms with Crippen LogP contribution in [-0.2, 0) is 9.59 Å². The molecule has 1 rings (SSSR count). The van der Waals surface area contributed by atoms with Crippen LogP contribution >= 0.6 is 12.4 Å². The molecule has 1 aliphatic heterocycles. The lowest BCUT2D eigenvalue weighted by Crippen LogP contribution is -2.31. The van der Waals surface area contributed by atoms with Crippen LogP contribution < -0.4 is 10.6 Å². The summed E-state index contributed by atoms with van der Waals surface area (Å²) >= 11 is 0. The fraction of sp³-hybridized carbons (Fsp3) is 0.733. The zero-order valence-corrected chi connectivity index (χ0v) is 13.9. The molecule has 1 aliphatic rings. The molecule has 0 saturated heterocycles. The van der Waals surface area contributed by atoms with Gasteiger partial charge < -0.3 is 15.5 Å². The third kappa shape index (κ3) is 8.07. The van der Waals surface area contributed by atoms with Gasteiger partial charge in [-0.05, 0) is 33.2 Å². The summed E-state index contributed by atoms with van der Waals surface area (Å²) in [4.78, 5) is 25.3. The first-order valence-corrected chi connectivity index (χ1v) is 7.60. The standard InChI is InChI=1S/C15H27N3O2.ClH/c1-3-18(4-2)15(20)7-5-6-14(19)17-12-13-8-10-16-11-9-13;/h8,16H,3-7,9-12H2,1-2H3,(H,17,19);1H. The van der Waals surface area contributed by atoms with Gasteiger partial charge in [0.2, 0.25) is 11.8 Å². The molecule has 0 spiro atoms. The predicted octanol–water partition coefficient (Wildman–Crippen LogP) is 1.48. The molecule has 2 N–H and O–H groups in total. The lowest BCUT2D eigenvalue weighted by molar-refractivity contribution is -0.131. The number of rotatable bonds is 8. The monoisotopic (exact) mass is 317 g/mol. The van der Waals surface area contributed by atoms with E-state index in [1.54, 1.807) is 4.90 Å². The topological polar surface area (TPSA) is 61.4 Å². The van der Waals surface area contributed by atoms with E-state index in [0.29, 0.717) is 25.8 Å². The third-order valence-corrected chi connectivity index (χ3v) is 3.58. The highest BCUT2D eigenvalue weighted by molar-refractivity contribution is 5.85. The first-order chi connectivity index (χ1) is 9.67. The van der Waals surface area contributed by atoms with Crippen LogP contribution in [0.2, 0.25) is 0 Å². The second-order valence-electron chi connectivity index (χ2n) is 5.01. The number of nitrogens with zero attached hydrogens (tertiary/aromatic N) is 1. The summed E-state index contributed by atoms with van der Waals surface area (Å²) in [7, 11) is 0. The summed E-state index contributed by atoms with van der Waals surface area (Å²) in [6.45, 7) is 7.95. The number of nitrogens with one attached hydrogen (secondary N) is 2. The molecular formula is C15H28ClN3O2. The Morgan fingerprint density at radius 1 is 1.29 bits per heavy atom. The van der Waals surface area contributed by atoms with Gasteiger partial charge >= 0.3 is 0 Å². The van der Waals surface area contributed by atoms with E-state index in [1.165, 1.54) is 5.57 Å². The highest BCUT2D eigenvalue weighted by Gasteiger charge is 2.10. The fourth-order valence-corrected chi connectivity index (χ4v) is 2.27. The zero-order chi connectivity index (χ0) is 14.8. The minimum atomic E-state index is 0. The molecule has 0 unspecified atom stereocenters. The van der Waals surface area contributed by atoms with E-state index in [2.05, 4.69) is 16.7 Å². The van der Waals surface area contributed by atoms with Crippen molar-refractivity contribution in [1.29, 1.82) is 0 Å². The van der Waals surface area contributed by atoms with Crippen molar-refractivity contribution in [3.63, 3.8) is 0 Å². The average Bonchev–Trinajstić information content (AvgIpc) is 2.47. The second kappa shape index (κ2) is 11.6. The molecule has 6 heteroatoms. The molecule has 2 amide bonds. The van der Waals surface area contributed by atoms with E-state index in [9.17, 15) is 9.59 Å². The largest absolute Gasteiger partial charge is 0.352 e. The number of hydrogen-bond acceptors (Lipinski definition) is 3. The maximum Gasteiger partial charge on any atom is 0.222 e. The van der Waals surface area contributed by atoms with Gasteiger partial charge in [-0.3, -0.25) is 9.59 Å². The summed E-state index contributed by atoms with van der Waals surface area (Å²) < 4.78 is 0. The highest BCUT2D eigenvalue weighted by atomic mass is 35.5. The Morgan fingerprint density at radius 2 is 2.00 bits per heavy atom. The normalized spacial score (nSPS) is 13.9. The van der Waals surface area contributed by atoms with Crippen molar-refractivity contribution in [3.8, 4) is 0 Å². The zero-order valence-electron chi connectivity index (χ0n) is 13.1. The van der Waals surface area contributed by atoms with E-state index in [4.69, 9.17) is 0 Å². The molecule has 0 aromatic carbocycles. The molecule has 0 aromatic rings. The summed E-state index contributed by atoms with van der Waals surface area (Å²) in [5.74, 6) is 0.181. The first-order valence-electron chi connectivity index (χ1n) is 7.60. The SMILES string of the molecule is CCN(CC)C(=O)CCCC(=O)NCC1=CCNCC1.Cl. The van der Waals surface area contributed by atoms with Crippen molar-refractivity contribution >= 4 is 24.2 Å². The summed E-state index contributed by atoms with van der Waals surface area (Å²) in [5.41, 5.74) is 1.29. The van der Waals surface area contributed by atoms with Crippen LogP contribution in [0, 0.1) is 0 Å². The van der Waals surface area contributed by atoms with Gasteiger partial charge in [-0.15, -0.1) is 12.4 Å². The number of halogens is 1. The maximum atomic E-state index is 11.8. The van der Waals surface area contributed by atoms with Gasteiger partial charge in [0.05, 0.1) is 0 Å². The molecule has 0 radical (unpaired) electrons. The average molecular weight is 318 g/mol. The van der Waals surface area contributed by atoms with Crippen molar-refractivity contribution in [3.05, 3.63) is 11.6 Å². The molecule has 122 valence electrons. The van der Waals surface area contributed by atoms with Crippen LogP contribution in [0.5, 0.6) is 0 Å². The number of amides is 2. The van der Waals surface area contributed by atoms with Gasteiger partial charge in [0.25, 0.3) is 0 Å². The minimum absolute atomic E-state index is 0. The lowest BCUT2D eigenvalue weighted by atomic mass is 10.1. The summed E-state index contributed by atoms with van der Waals surface area (Å²) in [5, 5.41) is 6.16. The van der Waals surface area contributed by atoms with E-state index < -0.39 is 0 Å². The molecule has 0 atom stereocenters. The Labute approximate surface area is 133 Å². The second-order valence-corrected chi connectivity index (χ2v) is 5.01. The minimum Gasteiger partial charge on any atom is -0.352 e. The molecule has 5 nitrogen and oxygen atoms in total. The lowest BCUT2D eigenvalue weighted by Gasteiger charge is -2.18. The van der Waals surface area contributed by atoms with Gasteiger partial charge in [0.15, 0.2) is 0 Å². The van der Waals surface area contributed by atoms with Gasteiger partial charge in [0, 0.05) is 39.0 Å². The van der Waals surface area contributed by atoms with Gasteiger partial charge in [-0.25, -0.2) is 0 Å². The van der Waals surface area contributed by atoms with E-state index >= 15 is 0 Å². The highest BCUT2D eigenvalue weighted by Crippen LogP contribution is 2.04.